The summed E-state index contributed by atoms with van der Waals surface area (Å²) in [6.07, 6.45) is 2.20. The van der Waals surface area contributed by atoms with Gasteiger partial charge in [-0.2, -0.15) is 0 Å². The largest absolute Gasteiger partial charge is 0.460 e. The fraction of sp³-hybridized carbons (Fsp3) is 0.556. The Balaban J connectivity index is 2.06. The first-order valence-corrected chi connectivity index (χ1v) is 8.04. The molecular weight excluding hydrogens is 292 g/mol. The maximum atomic E-state index is 12.7. The highest BCUT2D eigenvalue weighted by molar-refractivity contribution is 5.85. The quantitative estimate of drug-likeness (QED) is 0.818. The zero-order chi connectivity index (χ0) is 17.0. The molecule has 1 aliphatic carbocycles. The van der Waals surface area contributed by atoms with Gasteiger partial charge >= 0.3 is 11.7 Å². The van der Waals surface area contributed by atoms with Crippen LogP contribution in [0.25, 0.3) is 11.0 Å². The van der Waals surface area contributed by atoms with Gasteiger partial charge in [0.05, 0.1) is 17.5 Å². The molecule has 1 saturated carbocycles. The van der Waals surface area contributed by atoms with E-state index in [2.05, 4.69) is 6.92 Å². The first-order chi connectivity index (χ1) is 10.6. The predicted molar refractivity (Wildman–Crippen MR) is 89.6 cm³/mol. The molecule has 23 heavy (non-hydrogen) atoms. The highest BCUT2D eigenvalue weighted by atomic mass is 16.6. The number of para-hydroxylation sites is 1. The molecule has 1 aromatic heterocycles. The zero-order valence-corrected chi connectivity index (χ0v) is 14.5. The Hall–Kier alpha value is -2.04. The zero-order valence-electron chi connectivity index (χ0n) is 14.5. The number of aromatic nitrogens is 2. The number of carbonyl (C=O) groups is 1. The fourth-order valence-corrected chi connectivity index (χ4v) is 3.10. The lowest BCUT2D eigenvalue weighted by atomic mass is 10.1. The van der Waals surface area contributed by atoms with Gasteiger partial charge < -0.3 is 4.74 Å². The van der Waals surface area contributed by atoms with Crippen LogP contribution in [0.3, 0.4) is 0 Å². The molecule has 3 rings (SSSR count). The van der Waals surface area contributed by atoms with E-state index in [1.807, 2.05) is 43.5 Å². The third-order valence-electron chi connectivity index (χ3n) is 4.42. The van der Waals surface area contributed by atoms with E-state index in [1.54, 1.807) is 11.6 Å². The summed E-state index contributed by atoms with van der Waals surface area (Å²) in [5.41, 5.74) is 1.96. The van der Waals surface area contributed by atoms with E-state index in [0.717, 1.165) is 29.4 Å². The summed E-state index contributed by atoms with van der Waals surface area (Å²) in [6.45, 7) is 7.66. The number of esters is 1. The Morgan fingerprint density at radius 2 is 1.96 bits per heavy atom. The Morgan fingerprint density at radius 3 is 2.52 bits per heavy atom. The van der Waals surface area contributed by atoms with Crippen LogP contribution in [0.15, 0.2) is 23.0 Å². The Labute approximate surface area is 135 Å². The molecule has 0 spiro atoms. The first-order valence-electron chi connectivity index (χ1n) is 8.04. The number of rotatable bonds is 3. The van der Waals surface area contributed by atoms with Gasteiger partial charge in [0.25, 0.3) is 0 Å². The summed E-state index contributed by atoms with van der Waals surface area (Å²) < 4.78 is 8.94. The number of imidazole rings is 1. The van der Waals surface area contributed by atoms with Crippen molar-refractivity contribution in [2.24, 2.45) is 7.05 Å². The average molecular weight is 316 g/mol. The molecular formula is C18H24N2O3. The summed E-state index contributed by atoms with van der Waals surface area (Å²) in [5, 5.41) is 0. The highest BCUT2D eigenvalue weighted by Gasteiger charge is 2.42. The Bertz CT molecular complexity index is 832. The molecule has 0 atom stereocenters. The maximum absolute atomic E-state index is 12.7. The summed E-state index contributed by atoms with van der Waals surface area (Å²) in [7, 11) is 1.77. The van der Waals surface area contributed by atoms with Gasteiger partial charge in [0, 0.05) is 12.6 Å². The van der Waals surface area contributed by atoms with E-state index in [4.69, 9.17) is 4.74 Å². The Morgan fingerprint density at radius 1 is 1.30 bits per heavy atom. The molecule has 2 aromatic rings. The van der Waals surface area contributed by atoms with Crippen LogP contribution in [0, 0.1) is 0 Å². The third kappa shape index (κ3) is 2.80. The molecule has 0 unspecified atom stereocenters. The number of carbonyl (C=O) groups excluding carboxylic acids is 1. The van der Waals surface area contributed by atoms with Gasteiger partial charge in [-0.25, -0.2) is 4.79 Å². The molecule has 1 heterocycles. The molecule has 1 aliphatic rings. The van der Waals surface area contributed by atoms with Crippen LogP contribution >= 0.6 is 0 Å². The number of hydrogen-bond acceptors (Lipinski definition) is 3. The molecule has 1 fully saturated rings. The molecule has 0 aliphatic heterocycles. The predicted octanol–water partition coefficient (Wildman–Crippen LogP) is 2.73. The van der Waals surface area contributed by atoms with Gasteiger partial charge in [-0.05, 0) is 52.2 Å². The summed E-state index contributed by atoms with van der Waals surface area (Å²) in [6, 6.07) is 5.76. The molecule has 1 aromatic carbocycles. The van der Waals surface area contributed by atoms with Crippen molar-refractivity contribution in [1.29, 1.82) is 0 Å². The third-order valence-corrected chi connectivity index (χ3v) is 4.42. The lowest BCUT2D eigenvalue weighted by molar-refractivity contribution is -0.153. The standard InChI is InChI=1S/C18H24N2O3/c1-17(2,3)23-14(21)11-12-7-6-8-13-15(12)19(5)16(22)20(13)18(4)9-10-18/h6-8H,9-11H2,1-5H3. The van der Waals surface area contributed by atoms with E-state index in [0.29, 0.717) is 0 Å². The van der Waals surface area contributed by atoms with Gasteiger partial charge in [0.2, 0.25) is 0 Å². The van der Waals surface area contributed by atoms with Crippen molar-refractivity contribution in [3.05, 3.63) is 34.2 Å². The lowest BCUT2D eigenvalue weighted by Gasteiger charge is -2.19. The van der Waals surface area contributed by atoms with Crippen molar-refractivity contribution in [2.45, 2.75) is 58.1 Å². The second-order valence-electron chi connectivity index (χ2n) is 7.72. The summed E-state index contributed by atoms with van der Waals surface area (Å²) in [4.78, 5) is 24.8. The number of benzene rings is 1. The molecule has 0 amide bonds. The molecule has 124 valence electrons. The van der Waals surface area contributed by atoms with E-state index in [-0.39, 0.29) is 23.6 Å². The van der Waals surface area contributed by atoms with Gasteiger partial charge in [0.15, 0.2) is 0 Å². The van der Waals surface area contributed by atoms with Crippen molar-refractivity contribution < 1.29 is 9.53 Å². The first kappa shape index (κ1) is 15.8. The Kier molecular flexibility index (Phi) is 3.43. The minimum atomic E-state index is -0.510. The van der Waals surface area contributed by atoms with Gasteiger partial charge in [-0.15, -0.1) is 0 Å². The monoisotopic (exact) mass is 316 g/mol. The number of ether oxygens (including phenoxy) is 1. The van der Waals surface area contributed by atoms with Crippen molar-refractivity contribution in [2.75, 3.05) is 0 Å². The van der Waals surface area contributed by atoms with Gasteiger partial charge in [-0.3, -0.25) is 13.9 Å². The van der Waals surface area contributed by atoms with Gasteiger partial charge in [0.1, 0.15) is 5.60 Å². The molecule has 0 radical (unpaired) electrons. The van der Waals surface area contributed by atoms with Crippen molar-refractivity contribution in [1.82, 2.24) is 9.13 Å². The molecule has 0 saturated heterocycles. The van der Waals surface area contributed by atoms with Gasteiger partial charge in [-0.1, -0.05) is 12.1 Å². The van der Waals surface area contributed by atoms with E-state index >= 15 is 0 Å². The number of hydrogen-bond donors (Lipinski definition) is 0. The van der Waals surface area contributed by atoms with Crippen LogP contribution in [-0.4, -0.2) is 20.7 Å². The second-order valence-corrected chi connectivity index (χ2v) is 7.72. The van der Waals surface area contributed by atoms with Crippen LogP contribution in [0.5, 0.6) is 0 Å². The second kappa shape index (κ2) is 4.98. The molecule has 5 heteroatoms. The lowest BCUT2D eigenvalue weighted by Crippen LogP contribution is -2.29. The fourth-order valence-electron chi connectivity index (χ4n) is 3.10. The van der Waals surface area contributed by atoms with Crippen molar-refractivity contribution >= 4 is 17.0 Å². The minimum Gasteiger partial charge on any atom is -0.460 e. The summed E-state index contributed by atoms with van der Waals surface area (Å²) >= 11 is 0. The highest BCUT2D eigenvalue weighted by Crippen LogP contribution is 2.43. The number of nitrogens with zero attached hydrogens (tertiary/aromatic N) is 2. The number of aryl methyl sites for hydroxylation is 1. The average Bonchev–Trinajstić information content (AvgIpc) is 3.08. The van der Waals surface area contributed by atoms with E-state index < -0.39 is 5.60 Å². The van der Waals surface area contributed by atoms with Crippen molar-refractivity contribution in [3.8, 4) is 0 Å². The normalized spacial score (nSPS) is 16.6. The molecule has 5 nitrogen and oxygen atoms in total. The van der Waals surface area contributed by atoms with Crippen LogP contribution in [0.4, 0.5) is 0 Å². The summed E-state index contributed by atoms with van der Waals surface area (Å²) in [5.74, 6) is -0.275. The minimum absolute atomic E-state index is 0.0170. The van der Waals surface area contributed by atoms with Crippen LogP contribution in [0.1, 0.15) is 46.1 Å². The maximum Gasteiger partial charge on any atom is 0.329 e. The molecule has 0 N–H and O–H groups in total. The van der Waals surface area contributed by atoms with E-state index in [1.165, 1.54) is 0 Å². The topological polar surface area (TPSA) is 53.2 Å². The SMILES string of the molecule is Cn1c(=O)n(C2(C)CC2)c2cccc(CC(=O)OC(C)(C)C)c21. The smallest absolute Gasteiger partial charge is 0.329 e. The molecule has 0 bridgehead atoms. The van der Waals surface area contributed by atoms with Crippen LogP contribution < -0.4 is 5.69 Å². The number of fused-ring (bicyclic) bond motifs is 1. The van der Waals surface area contributed by atoms with E-state index in [9.17, 15) is 9.59 Å². The van der Waals surface area contributed by atoms with Crippen molar-refractivity contribution in [3.63, 3.8) is 0 Å². The van der Waals surface area contributed by atoms with Crippen LogP contribution in [-0.2, 0) is 28.5 Å². The van der Waals surface area contributed by atoms with Crippen LogP contribution in [0.2, 0.25) is 0 Å².